The van der Waals surface area contributed by atoms with Gasteiger partial charge in [-0.15, -0.1) is 11.3 Å². The standard InChI is InChI=1S/C19H21ClN4O2S/c20-14-3-1-2-4-15(14)22-19-23-16(11-27-19)18(26)24(13-7-8-13)10-9-17(25)21-12-5-6-12/h1-4,11-13H,5-10H2,(H,21,25)(H,22,23). The van der Waals surface area contributed by atoms with Crippen LogP contribution in [0.1, 0.15) is 42.6 Å². The van der Waals surface area contributed by atoms with E-state index in [-0.39, 0.29) is 17.9 Å². The Balaban J connectivity index is 1.38. The monoisotopic (exact) mass is 404 g/mol. The maximum absolute atomic E-state index is 12.9. The van der Waals surface area contributed by atoms with Crippen molar-refractivity contribution in [3.63, 3.8) is 0 Å². The van der Waals surface area contributed by atoms with Gasteiger partial charge in [-0.25, -0.2) is 4.98 Å². The lowest BCUT2D eigenvalue weighted by atomic mass is 10.3. The third kappa shape index (κ3) is 4.78. The molecule has 8 heteroatoms. The number of thiazole rings is 1. The van der Waals surface area contributed by atoms with Crippen LogP contribution in [0.3, 0.4) is 0 Å². The molecule has 1 aromatic heterocycles. The Hall–Kier alpha value is -2.12. The van der Waals surface area contributed by atoms with E-state index >= 15 is 0 Å². The summed E-state index contributed by atoms with van der Waals surface area (Å²) in [6, 6.07) is 7.98. The zero-order chi connectivity index (χ0) is 18.8. The first-order valence-electron chi connectivity index (χ1n) is 9.17. The van der Waals surface area contributed by atoms with Crippen LogP contribution in [0.2, 0.25) is 5.02 Å². The molecule has 4 rings (SSSR count). The highest BCUT2D eigenvalue weighted by Crippen LogP contribution is 2.31. The molecule has 2 amide bonds. The van der Waals surface area contributed by atoms with Crippen molar-refractivity contribution in [2.45, 2.75) is 44.2 Å². The van der Waals surface area contributed by atoms with Crippen LogP contribution in [-0.2, 0) is 4.79 Å². The number of hydrogen-bond acceptors (Lipinski definition) is 5. The maximum atomic E-state index is 12.9. The molecule has 142 valence electrons. The van der Waals surface area contributed by atoms with Crippen LogP contribution in [-0.4, -0.2) is 40.3 Å². The largest absolute Gasteiger partial charge is 0.353 e. The van der Waals surface area contributed by atoms with E-state index in [1.807, 2.05) is 18.2 Å². The van der Waals surface area contributed by atoms with Crippen LogP contribution in [0.25, 0.3) is 0 Å². The fourth-order valence-electron chi connectivity index (χ4n) is 2.84. The van der Waals surface area contributed by atoms with Crippen LogP contribution in [0.15, 0.2) is 29.6 Å². The second kappa shape index (κ2) is 7.86. The van der Waals surface area contributed by atoms with Gasteiger partial charge in [0.1, 0.15) is 5.69 Å². The number of nitrogens with zero attached hydrogens (tertiary/aromatic N) is 2. The summed E-state index contributed by atoms with van der Waals surface area (Å²) in [6.45, 7) is 0.437. The third-order valence-electron chi connectivity index (χ3n) is 4.61. The molecule has 0 aliphatic heterocycles. The lowest BCUT2D eigenvalue weighted by Gasteiger charge is -2.21. The van der Waals surface area contributed by atoms with E-state index in [1.165, 1.54) is 11.3 Å². The summed E-state index contributed by atoms with van der Waals surface area (Å²) in [5.74, 6) is -0.0875. The zero-order valence-corrected chi connectivity index (χ0v) is 16.4. The summed E-state index contributed by atoms with van der Waals surface area (Å²) in [5, 5.41) is 9.09. The second-order valence-electron chi connectivity index (χ2n) is 6.96. The molecular formula is C19H21ClN4O2S. The van der Waals surface area contributed by atoms with Crippen LogP contribution >= 0.6 is 22.9 Å². The Bertz CT molecular complexity index is 848. The molecule has 6 nitrogen and oxygen atoms in total. The Labute approximate surface area is 166 Å². The molecule has 0 saturated heterocycles. The van der Waals surface area contributed by atoms with E-state index < -0.39 is 0 Å². The molecule has 2 saturated carbocycles. The number of anilines is 2. The van der Waals surface area contributed by atoms with E-state index in [4.69, 9.17) is 11.6 Å². The minimum Gasteiger partial charge on any atom is -0.353 e. The Morgan fingerprint density at radius 2 is 2.00 bits per heavy atom. The van der Waals surface area contributed by atoms with Gasteiger partial charge in [0.25, 0.3) is 5.91 Å². The van der Waals surface area contributed by atoms with Crippen LogP contribution in [0, 0.1) is 0 Å². The number of benzene rings is 1. The fraction of sp³-hybridized carbons (Fsp3) is 0.421. The molecule has 1 heterocycles. The van der Waals surface area contributed by atoms with Gasteiger partial charge >= 0.3 is 0 Å². The highest BCUT2D eigenvalue weighted by atomic mass is 35.5. The highest BCUT2D eigenvalue weighted by Gasteiger charge is 2.34. The molecule has 2 aromatic rings. The van der Waals surface area contributed by atoms with E-state index in [9.17, 15) is 9.59 Å². The van der Waals surface area contributed by atoms with Crippen molar-refractivity contribution in [3.8, 4) is 0 Å². The Kier molecular flexibility index (Phi) is 5.31. The summed E-state index contributed by atoms with van der Waals surface area (Å²) >= 11 is 7.52. The summed E-state index contributed by atoms with van der Waals surface area (Å²) in [5.41, 5.74) is 1.16. The van der Waals surface area contributed by atoms with E-state index in [1.54, 1.807) is 16.3 Å². The molecule has 1 aromatic carbocycles. The van der Waals surface area contributed by atoms with Gasteiger partial charge in [0.15, 0.2) is 5.13 Å². The van der Waals surface area contributed by atoms with Crippen LogP contribution in [0.4, 0.5) is 10.8 Å². The number of para-hydroxylation sites is 1. The first kappa shape index (κ1) is 18.3. The van der Waals surface area contributed by atoms with Crippen molar-refractivity contribution in [1.29, 1.82) is 0 Å². The second-order valence-corrected chi connectivity index (χ2v) is 8.23. The van der Waals surface area contributed by atoms with Crippen molar-refractivity contribution in [2.24, 2.45) is 0 Å². The number of nitrogens with one attached hydrogen (secondary N) is 2. The molecular weight excluding hydrogens is 384 g/mol. The summed E-state index contributed by atoms with van der Waals surface area (Å²) in [6.07, 6.45) is 4.46. The van der Waals surface area contributed by atoms with Crippen LogP contribution in [0.5, 0.6) is 0 Å². The number of halogens is 1. The minimum absolute atomic E-state index is 0.0234. The third-order valence-corrected chi connectivity index (χ3v) is 5.70. The molecule has 2 aliphatic carbocycles. The predicted molar refractivity (Wildman–Crippen MR) is 107 cm³/mol. The molecule has 0 spiro atoms. The smallest absolute Gasteiger partial charge is 0.273 e. The minimum atomic E-state index is -0.111. The molecule has 2 aliphatic rings. The first-order chi connectivity index (χ1) is 13.1. The average Bonchev–Trinajstić information content (AvgIpc) is 3.58. The molecule has 0 radical (unpaired) electrons. The van der Waals surface area contributed by atoms with Gasteiger partial charge in [0.2, 0.25) is 5.91 Å². The van der Waals surface area contributed by atoms with Crippen LogP contribution < -0.4 is 10.6 Å². The molecule has 2 N–H and O–H groups in total. The van der Waals surface area contributed by atoms with Gasteiger partial charge in [0.05, 0.1) is 10.7 Å². The van der Waals surface area contributed by atoms with Gasteiger partial charge in [-0.2, -0.15) is 0 Å². The van der Waals surface area contributed by atoms with Crippen molar-refractivity contribution >= 4 is 45.6 Å². The van der Waals surface area contributed by atoms with Crippen molar-refractivity contribution in [3.05, 3.63) is 40.4 Å². The summed E-state index contributed by atoms with van der Waals surface area (Å²) in [7, 11) is 0. The summed E-state index contributed by atoms with van der Waals surface area (Å²) in [4.78, 5) is 31.1. The van der Waals surface area contributed by atoms with Gasteiger partial charge in [-0.3, -0.25) is 9.59 Å². The number of rotatable bonds is 8. The van der Waals surface area contributed by atoms with Gasteiger partial charge < -0.3 is 15.5 Å². The number of carbonyl (C=O) groups excluding carboxylic acids is 2. The number of hydrogen-bond donors (Lipinski definition) is 2. The number of carbonyl (C=O) groups is 2. The molecule has 27 heavy (non-hydrogen) atoms. The van der Waals surface area contributed by atoms with Gasteiger partial charge in [-0.05, 0) is 37.8 Å². The quantitative estimate of drug-likeness (QED) is 0.701. The SMILES string of the molecule is O=C(CCN(C(=O)c1csc(Nc2ccccc2Cl)n1)C1CC1)NC1CC1. The average molecular weight is 405 g/mol. The molecule has 0 atom stereocenters. The summed E-state index contributed by atoms with van der Waals surface area (Å²) < 4.78 is 0. The van der Waals surface area contributed by atoms with Crippen molar-refractivity contribution in [2.75, 3.05) is 11.9 Å². The first-order valence-corrected chi connectivity index (χ1v) is 10.4. The normalized spacial score (nSPS) is 16.0. The predicted octanol–water partition coefficient (Wildman–Crippen LogP) is 3.81. The Morgan fingerprint density at radius 1 is 1.22 bits per heavy atom. The van der Waals surface area contributed by atoms with Crippen molar-refractivity contribution in [1.82, 2.24) is 15.2 Å². The van der Waals surface area contributed by atoms with Crippen molar-refractivity contribution < 1.29 is 9.59 Å². The molecule has 0 unspecified atom stereocenters. The zero-order valence-electron chi connectivity index (χ0n) is 14.8. The fourth-order valence-corrected chi connectivity index (χ4v) is 3.72. The Morgan fingerprint density at radius 3 is 2.70 bits per heavy atom. The number of aromatic nitrogens is 1. The van der Waals surface area contributed by atoms with Gasteiger partial charge in [-0.1, -0.05) is 23.7 Å². The lowest BCUT2D eigenvalue weighted by molar-refractivity contribution is -0.121. The van der Waals surface area contributed by atoms with E-state index in [2.05, 4.69) is 15.6 Å². The number of amides is 2. The lowest BCUT2D eigenvalue weighted by Crippen LogP contribution is -2.37. The van der Waals surface area contributed by atoms with E-state index in [0.717, 1.165) is 31.4 Å². The molecule has 2 fully saturated rings. The van der Waals surface area contributed by atoms with E-state index in [0.29, 0.717) is 34.9 Å². The molecule has 0 bridgehead atoms. The maximum Gasteiger partial charge on any atom is 0.273 e. The van der Waals surface area contributed by atoms with Gasteiger partial charge in [0, 0.05) is 30.4 Å². The topological polar surface area (TPSA) is 74.3 Å². The highest BCUT2D eigenvalue weighted by molar-refractivity contribution is 7.14.